The van der Waals surface area contributed by atoms with Crippen LogP contribution in [0.2, 0.25) is 0 Å². The van der Waals surface area contributed by atoms with E-state index in [9.17, 15) is 0 Å². The summed E-state index contributed by atoms with van der Waals surface area (Å²) in [4.78, 5) is 6.87. The van der Waals surface area contributed by atoms with Gasteiger partial charge in [-0.15, -0.1) is 0 Å². The highest BCUT2D eigenvalue weighted by Gasteiger charge is 2.17. The molecule has 0 amide bonds. The number of aryl methyl sites for hydroxylation is 1. The quantitative estimate of drug-likeness (QED) is 0.929. The summed E-state index contributed by atoms with van der Waals surface area (Å²) in [5.74, 6) is 0. The van der Waals surface area contributed by atoms with Crippen molar-refractivity contribution < 1.29 is 4.74 Å². The Morgan fingerprint density at radius 1 is 1.40 bits per heavy atom. The summed E-state index contributed by atoms with van der Waals surface area (Å²) in [6, 6.07) is 10.3. The third-order valence-electron chi connectivity index (χ3n) is 3.71. The van der Waals surface area contributed by atoms with Gasteiger partial charge in [0.1, 0.15) is 0 Å². The number of anilines is 1. The second-order valence-corrected chi connectivity index (χ2v) is 5.46. The van der Waals surface area contributed by atoms with Crippen LogP contribution in [0.15, 0.2) is 30.3 Å². The summed E-state index contributed by atoms with van der Waals surface area (Å²) >= 11 is 0. The Morgan fingerprint density at radius 2 is 2.25 bits per heavy atom. The number of aromatic nitrogens is 1. The number of benzene rings is 1. The van der Waals surface area contributed by atoms with Gasteiger partial charge in [-0.3, -0.25) is 4.98 Å². The van der Waals surface area contributed by atoms with E-state index in [1.165, 1.54) is 5.39 Å². The Bertz CT molecular complexity index is 599. The fraction of sp³-hybridized carbons (Fsp3) is 0.438. The number of morpholine rings is 1. The molecule has 1 aliphatic heterocycles. The molecule has 3 rings (SSSR count). The van der Waals surface area contributed by atoms with Crippen molar-refractivity contribution in [2.75, 3.05) is 38.6 Å². The molecule has 0 bridgehead atoms. The maximum absolute atomic E-state index is 5.79. The van der Waals surface area contributed by atoms with E-state index in [2.05, 4.69) is 46.5 Å². The highest BCUT2D eigenvalue weighted by molar-refractivity contribution is 5.91. The number of nitrogens with zero attached hydrogens (tertiary/aromatic N) is 2. The van der Waals surface area contributed by atoms with Gasteiger partial charge in [0.25, 0.3) is 0 Å². The normalized spacial score (nSPS) is 20.2. The maximum Gasteiger partial charge on any atom is 0.0874 e. The van der Waals surface area contributed by atoms with Crippen LogP contribution < -0.4 is 5.32 Å². The first-order valence-electron chi connectivity index (χ1n) is 7.13. The van der Waals surface area contributed by atoms with E-state index < -0.39 is 0 Å². The van der Waals surface area contributed by atoms with Crippen LogP contribution in [0.5, 0.6) is 0 Å². The third-order valence-corrected chi connectivity index (χ3v) is 3.71. The number of hydrogen-bond acceptors (Lipinski definition) is 4. The Labute approximate surface area is 119 Å². The Hall–Kier alpha value is -1.65. The lowest BCUT2D eigenvalue weighted by atomic mass is 10.1. The monoisotopic (exact) mass is 271 g/mol. The second kappa shape index (κ2) is 5.77. The lowest BCUT2D eigenvalue weighted by Crippen LogP contribution is -2.43. The zero-order chi connectivity index (χ0) is 13.9. The molecule has 106 valence electrons. The SMILES string of the molecule is Cc1cc(NCC2CN(C)CCO2)c2ccccc2n1. The van der Waals surface area contributed by atoms with Crippen LogP contribution in [0.4, 0.5) is 5.69 Å². The van der Waals surface area contributed by atoms with Crippen molar-refractivity contribution in [3.63, 3.8) is 0 Å². The molecule has 4 heteroatoms. The van der Waals surface area contributed by atoms with Gasteiger partial charge in [-0.05, 0) is 26.1 Å². The molecule has 20 heavy (non-hydrogen) atoms. The predicted molar refractivity (Wildman–Crippen MR) is 82.2 cm³/mol. The molecule has 1 unspecified atom stereocenters. The molecule has 1 saturated heterocycles. The standard InChI is InChI=1S/C16H21N3O/c1-12-9-16(14-5-3-4-6-15(14)18-12)17-10-13-11-19(2)7-8-20-13/h3-6,9,13H,7-8,10-11H2,1-2H3,(H,17,18). The minimum absolute atomic E-state index is 0.251. The van der Waals surface area contributed by atoms with Gasteiger partial charge in [-0.25, -0.2) is 0 Å². The Kier molecular flexibility index (Phi) is 3.85. The minimum Gasteiger partial charge on any atom is -0.382 e. The molecule has 1 aromatic carbocycles. The van der Waals surface area contributed by atoms with E-state index in [0.29, 0.717) is 0 Å². The largest absolute Gasteiger partial charge is 0.382 e. The fourth-order valence-electron chi connectivity index (χ4n) is 2.67. The number of fused-ring (bicyclic) bond motifs is 1. The number of nitrogens with one attached hydrogen (secondary N) is 1. The molecule has 4 nitrogen and oxygen atoms in total. The third kappa shape index (κ3) is 2.92. The Balaban J connectivity index is 1.77. The lowest BCUT2D eigenvalue weighted by Gasteiger charge is -2.30. The van der Waals surface area contributed by atoms with Crippen LogP contribution >= 0.6 is 0 Å². The first-order chi connectivity index (χ1) is 9.72. The van der Waals surface area contributed by atoms with Gasteiger partial charge in [0.15, 0.2) is 0 Å². The van der Waals surface area contributed by atoms with Crippen LogP contribution in [0.25, 0.3) is 10.9 Å². The summed E-state index contributed by atoms with van der Waals surface area (Å²) in [6.07, 6.45) is 0.251. The van der Waals surface area contributed by atoms with Gasteiger partial charge in [0.05, 0.1) is 18.2 Å². The zero-order valence-electron chi connectivity index (χ0n) is 12.1. The van der Waals surface area contributed by atoms with Gasteiger partial charge in [-0.1, -0.05) is 18.2 Å². The maximum atomic E-state index is 5.79. The summed E-state index contributed by atoms with van der Waals surface area (Å²) in [6.45, 7) is 5.68. The van der Waals surface area contributed by atoms with Crippen molar-refractivity contribution in [3.8, 4) is 0 Å². The Morgan fingerprint density at radius 3 is 3.10 bits per heavy atom. The molecule has 1 aromatic heterocycles. The average molecular weight is 271 g/mol. The van der Waals surface area contributed by atoms with E-state index in [1.807, 2.05) is 13.0 Å². The van der Waals surface area contributed by atoms with Crippen LogP contribution in [0.3, 0.4) is 0 Å². The van der Waals surface area contributed by atoms with Crippen LogP contribution in [-0.4, -0.2) is 49.3 Å². The van der Waals surface area contributed by atoms with E-state index in [0.717, 1.165) is 43.1 Å². The second-order valence-electron chi connectivity index (χ2n) is 5.46. The smallest absolute Gasteiger partial charge is 0.0874 e. The summed E-state index contributed by atoms with van der Waals surface area (Å²) < 4.78 is 5.79. The molecule has 2 aromatic rings. The fourth-order valence-corrected chi connectivity index (χ4v) is 2.67. The van der Waals surface area contributed by atoms with Crippen molar-refractivity contribution in [3.05, 3.63) is 36.0 Å². The average Bonchev–Trinajstić information content (AvgIpc) is 2.44. The van der Waals surface area contributed by atoms with Crippen LogP contribution in [-0.2, 0) is 4.74 Å². The first kappa shape index (κ1) is 13.3. The lowest BCUT2D eigenvalue weighted by molar-refractivity contribution is -0.0117. The van der Waals surface area contributed by atoms with Crippen LogP contribution in [0.1, 0.15) is 5.69 Å². The van der Waals surface area contributed by atoms with E-state index in [-0.39, 0.29) is 6.10 Å². The van der Waals surface area contributed by atoms with Gasteiger partial charge in [0, 0.05) is 36.4 Å². The van der Waals surface area contributed by atoms with Crippen molar-refractivity contribution in [2.45, 2.75) is 13.0 Å². The number of hydrogen-bond donors (Lipinski definition) is 1. The topological polar surface area (TPSA) is 37.4 Å². The van der Waals surface area contributed by atoms with E-state index >= 15 is 0 Å². The highest BCUT2D eigenvalue weighted by atomic mass is 16.5. The molecule has 1 aliphatic rings. The molecule has 0 saturated carbocycles. The molecule has 1 fully saturated rings. The van der Waals surface area contributed by atoms with Gasteiger partial charge < -0.3 is 15.0 Å². The number of likely N-dealkylation sites (N-methyl/N-ethyl adjacent to an activating group) is 1. The zero-order valence-corrected chi connectivity index (χ0v) is 12.1. The molecule has 1 atom stereocenters. The number of rotatable bonds is 3. The number of ether oxygens (including phenoxy) is 1. The number of pyridine rings is 1. The summed E-state index contributed by atoms with van der Waals surface area (Å²) in [5, 5.41) is 4.70. The highest BCUT2D eigenvalue weighted by Crippen LogP contribution is 2.23. The first-order valence-corrected chi connectivity index (χ1v) is 7.13. The van der Waals surface area contributed by atoms with Crippen molar-refractivity contribution in [1.82, 2.24) is 9.88 Å². The molecule has 2 heterocycles. The van der Waals surface area contributed by atoms with Crippen molar-refractivity contribution >= 4 is 16.6 Å². The van der Waals surface area contributed by atoms with Gasteiger partial charge in [0.2, 0.25) is 0 Å². The predicted octanol–water partition coefficient (Wildman–Crippen LogP) is 2.29. The molecule has 1 N–H and O–H groups in total. The van der Waals surface area contributed by atoms with Gasteiger partial charge in [-0.2, -0.15) is 0 Å². The summed E-state index contributed by atoms with van der Waals surface area (Å²) in [7, 11) is 2.14. The molecular formula is C16H21N3O. The number of para-hydroxylation sites is 1. The molecular weight excluding hydrogens is 250 g/mol. The van der Waals surface area contributed by atoms with Crippen molar-refractivity contribution in [2.24, 2.45) is 0 Å². The van der Waals surface area contributed by atoms with Crippen molar-refractivity contribution in [1.29, 1.82) is 0 Å². The van der Waals surface area contributed by atoms with E-state index in [1.54, 1.807) is 0 Å². The van der Waals surface area contributed by atoms with Gasteiger partial charge >= 0.3 is 0 Å². The molecule has 0 aliphatic carbocycles. The molecule has 0 radical (unpaired) electrons. The minimum atomic E-state index is 0.251. The summed E-state index contributed by atoms with van der Waals surface area (Å²) in [5.41, 5.74) is 3.22. The van der Waals surface area contributed by atoms with E-state index in [4.69, 9.17) is 4.74 Å². The van der Waals surface area contributed by atoms with Crippen LogP contribution in [0, 0.1) is 6.92 Å². The molecule has 0 spiro atoms.